The molecule has 1 saturated heterocycles. The Morgan fingerprint density at radius 3 is 2.79 bits per heavy atom. The fourth-order valence-corrected chi connectivity index (χ4v) is 1.84. The van der Waals surface area contributed by atoms with Crippen molar-refractivity contribution in [2.45, 2.75) is 18.9 Å². The quantitative estimate of drug-likeness (QED) is 0.677. The lowest BCUT2D eigenvalue weighted by molar-refractivity contribution is 0.482. The van der Waals surface area contributed by atoms with Crippen molar-refractivity contribution < 1.29 is 8.78 Å². The molecular formula is C10H12F2N2. The van der Waals surface area contributed by atoms with E-state index in [4.69, 9.17) is 5.73 Å². The summed E-state index contributed by atoms with van der Waals surface area (Å²) in [5, 5.41) is 3.11. The average molecular weight is 198 g/mol. The number of benzene rings is 1. The molecule has 4 heteroatoms. The molecule has 0 bridgehead atoms. The predicted octanol–water partition coefficient (Wildman–Crippen LogP) is 1.97. The number of rotatable bonds is 1. The van der Waals surface area contributed by atoms with Crippen LogP contribution >= 0.6 is 0 Å². The zero-order valence-corrected chi connectivity index (χ0v) is 7.69. The molecule has 1 atom stereocenters. The maximum atomic E-state index is 13.4. The largest absolute Gasteiger partial charge is 0.399 e. The van der Waals surface area contributed by atoms with Crippen molar-refractivity contribution in [1.82, 2.24) is 5.32 Å². The van der Waals surface area contributed by atoms with Gasteiger partial charge >= 0.3 is 0 Å². The molecule has 0 unspecified atom stereocenters. The van der Waals surface area contributed by atoms with E-state index < -0.39 is 11.6 Å². The van der Waals surface area contributed by atoms with Crippen molar-refractivity contribution >= 4 is 5.69 Å². The van der Waals surface area contributed by atoms with Gasteiger partial charge in [-0.2, -0.15) is 0 Å². The molecule has 2 nitrogen and oxygen atoms in total. The highest BCUT2D eigenvalue weighted by molar-refractivity contribution is 5.43. The molecule has 0 aromatic heterocycles. The van der Waals surface area contributed by atoms with Gasteiger partial charge in [-0.3, -0.25) is 0 Å². The number of halogens is 2. The van der Waals surface area contributed by atoms with Gasteiger partial charge in [-0.05, 0) is 31.5 Å². The SMILES string of the molecule is Nc1cc(F)c(F)c([C@@H]2CCCN2)c1. The van der Waals surface area contributed by atoms with Gasteiger partial charge in [-0.1, -0.05) is 0 Å². The second kappa shape index (κ2) is 3.53. The molecule has 76 valence electrons. The van der Waals surface area contributed by atoms with Crippen molar-refractivity contribution in [3.8, 4) is 0 Å². The predicted molar refractivity (Wildman–Crippen MR) is 50.7 cm³/mol. The van der Waals surface area contributed by atoms with Gasteiger partial charge in [0.05, 0.1) is 0 Å². The van der Waals surface area contributed by atoms with Crippen LogP contribution in [0, 0.1) is 11.6 Å². The van der Waals surface area contributed by atoms with Gasteiger partial charge < -0.3 is 11.1 Å². The van der Waals surface area contributed by atoms with Crippen LogP contribution in [-0.4, -0.2) is 6.54 Å². The first kappa shape index (κ1) is 9.40. The molecular weight excluding hydrogens is 186 g/mol. The van der Waals surface area contributed by atoms with Crippen molar-refractivity contribution in [2.24, 2.45) is 0 Å². The Morgan fingerprint density at radius 2 is 2.14 bits per heavy atom. The average Bonchev–Trinajstić information content (AvgIpc) is 2.63. The van der Waals surface area contributed by atoms with Gasteiger partial charge in [0.15, 0.2) is 11.6 Å². The third kappa shape index (κ3) is 1.57. The summed E-state index contributed by atoms with van der Waals surface area (Å²) in [4.78, 5) is 0. The smallest absolute Gasteiger partial charge is 0.163 e. The monoisotopic (exact) mass is 198 g/mol. The summed E-state index contributed by atoms with van der Waals surface area (Å²) < 4.78 is 26.4. The van der Waals surface area contributed by atoms with Crippen molar-refractivity contribution in [1.29, 1.82) is 0 Å². The van der Waals surface area contributed by atoms with E-state index in [2.05, 4.69) is 5.32 Å². The lowest BCUT2D eigenvalue weighted by Gasteiger charge is -2.12. The van der Waals surface area contributed by atoms with Gasteiger partial charge in [-0.15, -0.1) is 0 Å². The number of hydrogen-bond donors (Lipinski definition) is 2. The van der Waals surface area contributed by atoms with Gasteiger partial charge in [0.1, 0.15) is 0 Å². The Labute approximate surface area is 81.1 Å². The molecule has 1 heterocycles. The summed E-state index contributed by atoms with van der Waals surface area (Å²) in [7, 11) is 0. The summed E-state index contributed by atoms with van der Waals surface area (Å²) in [6, 6.07) is 2.42. The van der Waals surface area contributed by atoms with E-state index in [9.17, 15) is 8.78 Å². The summed E-state index contributed by atoms with van der Waals surface area (Å²) in [6.07, 6.45) is 1.82. The molecule has 1 fully saturated rings. The molecule has 0 saturated carbocycles. The number of anilines is 1. The molecule has 1 aromatic carbocycles. The van der Waals surface area contributed by atoms with E-state index in [0.717, 1.165) is 25.5 Å². The van der Waals surface area contributed by atoms with E-state index in [0.29, 0.717) is 5.56 Å². The molecule has 0 spiro atoms. The van der Waals surface area contributed by atoms with E-state index >= 15 is 0 Å². The first-order chi connectivity index (χ1) is 6.68. The number of nitrogen functional groups attached to an aromatic ring is 1. The van der Waals surface area contributed by atoms with E-state index in [1.807, 2.05) is 0 Å². The standard InChI is InChI=1S/C10H12F2N2/c11-8-5-6(13)4-7(10(8)12)9-2-1-3-14-9/h4-5,9,14H,1-3,13H2/t9-/m0/s1. The van der Waals surface area contributed by atoms with E-state index in [-0.39, 0.29) is 11.7 Å². The highest BCUT2D eigenvalue weighted by Crippen LogP contribution is 2.28. The van der Waals surface area contributed by atoms with Gasteiger partial charge in [0.2, 0.25) is 0 Å². The summed E-state index contributed by atoms with van der Waals surface area (Å²) in [6.45, 7) is 0.848. The minimum absolute atomic E-state index is 0.0898. The molecule has 0 amide bonds. The van der Waals surface area contributed by atoms with Crippen LogP contribution in [0.2, 0.25) is 0 Å². The Morgan fingerprint density at radius 1 is 1.36 bits per heavy atom. The Kier molecular flexibility index (Phi) is 2.37. The molecule has 2 rings (SSSR count). The first-order valence-electron chi connectivity index (χ1n) is 4.66. The van der Waals surface area contributed by atoms with Crippen molar-refractivity contribution in [2.75, 3.05) is 12.3 Å². The maximum absolute atomic E-state index is 13.4. The lowest BCUT2D eigenvalue weighted by Crippen LogP contribution is -2.15. The molecule has 0 aliphatic carbocycles. The van der Waals surface area contributed by atoms with Crippen LogP contribution in [0.15, 0.2) is 12.1 Å². The van der Waals surface area contributed by atoms with Crippen LogP contribution in [0.1, 0.15) is 24.4 Å². The van der Waals surface area contributed by atoms with Crippen LogP contribution in [0.3, 0.4) is 0 Å². The molecule has 14 heavy (non-hydrogen) atoms. The van der Waals surface area contributed by atoms with Crippen molar-refractivity contribution in [3.63, 3.8) is 0 Å². The Hall–Kier alpha value is -1.16. The fourth-order valence-electron chi connectivity index (χ4n) is 1.84. The van der Waals surface area contributed by atoms with Crippen LogP contribution in [0.4, 0.5) is 14.5 Å². The number of nitrogens with two attached hydrogens (primary N) is 1. The normalized spacial score (nSPS) is 21.4. The number of nitrogens with one attached hydrogen (secondary N) is 1. The van der Waals surface area contributed by atoms with Gasteiger partial charge in [0, 0.05) is 17.3 Å². The minimum Gasteiger partial charge on any atom is -0.399 e. The second-order valence-corrected chi connectivity index (χ2v) is 3.55. The molecule has 1 aliphatic rings. The lowest BCUT2D eigenvalue weighted by atomic mass is 10.0. The zero-order valence-electron chi connectivity index (χ0n) is 7.69. The number of hydrogen-bond acceptors (Lipinski definition) is 2. The van der Waals surface area contributed by atoms with Crippen LogP contribution in [-0.2, 0) is 0 Å². The topological polar surface area (TPSA) is 38.0 Å². The van der Waals surface area contributed by atoms with Crippen LogP contribution in [0.5, 0.6) is 0 Å². The fraction of sp³-hybridized carbons (Fsp3) is 0.400. The zero-order chi connectivity index (χ0) is 10.1. The third-order valence-corrected chi connectivity index (χ3v) is 2.51. The third-order valence-electron chi connectivity index (χ3n) is 2.51. The Balaban J connectivity index is 2.40. The highest BCUT2D eigenvalue weighted by Gasteiger charge is 2.21. The summed E-state index contributed by atoms with van der Waals surface area (Å²) in [5.74, 6) is -1.65. The van der Waals surface area contributed by atoms with Gasteiger partial charge in [-0.25, -0.2) is 8.78 Å². The second-order valence-electron chi connectivity index (χ2n) is 3.55. The van der Waals surface area contributed by atoms with Crippen LogP contribution in [0.25, 0.3) is 0 Å². The van der Waals surface area contributed by atoms with E-state index in [1.165, 1.54) is 6.07 Å². The summed E-state index contributed by atoms with van der Waals surface area (Å²) in [5.41, 5.74) is 6.08. The maximum Gasteiger partial charge on any atom is 0.163 e. The van der Waals surface area contributed by atoms with Crippen LogP contribution < -0.4 is 11.1 Å². The van der Waals surface area contributed by atoms with E-state index in [1.54, 1.807) is 0 Å². The van der Waals surface area contributed by atoms with Gasteiger partial charge in [0.25, 0.3) is 0 Å². The molecule has 3 N–H and O–H groups in total. The highest BCUT2D eigenvalue weighted by atomic mass is 19.2. The summed E-state index contributed by atoms with van der Waals surface area (Å²) >= 11 is 0. The molecule has 1 aliphatic heterocycles. The van der Waals surface area contributed by atoms with Crippen molar-refractivity contribution in [3.05, 3.63) is 29.3 Å². The minimum atomic E-state index is -0.867. The first-order valence-corrected chi connectivity index (χ1v) is 4.66. The molecule has 1 aromatic rings. The Bertz CT molecular complexity index is 346. The molecule has 0 radical (unpaired) electrons.